The van der Waals surface area contributed by atoms with E-state index in [1.165, 1.54) is 11.3 Å². The van der Waals surface area contributed by atoms with E-state index in [4.69, 9.17) is 0 Å². The van der Waals surface area contributed by atoms with E-state index in [9.17, 15) is 10.1 Å². The van der Waals surface area contributed by atoms with Crippen molar-refractivity contribution in [3.05, 3.63) is 27.1 Å². The lowest BCUT2D eigenvalue weighted by atomic mass is 10.0. The molecule has 0 radical (unpaired) electrons. The fourth-order valence-corrected chi connectivity index (χ4v) is 1.75. The Kier molecular flexibility index (Phi) is 3.82. The summed E-state index contributed by atoms with van der Waals surface area (Å²) in [6, 6.07) is 1.63. The molecule has 0 saturated carbocycles. The molecule has 15 heavy (non-hydrogen) atoms. The van der Waals surface area contributed by atoms with E-state index in [0.717, 1.165) is 12.0 Å². The zero-order chi connectivity index (χ0) is 11.5. The largest absolute Gasteiger partial charge is 0.324 e. The third-order valence-corrected chi connectivity index (χ3v) is 3.40. The molecule has 0 unspecified atom stereocenters. The first-order chi connectivity index (χ1) is 6.94. The van der Waals surface area contributed by atoms with Crippen molar-refractivity contribution in [1.29, 1.82) is 0 Å². The van der Waals surface area contributed by atoms with Crippen LogP contribution in [0.5, 0.6) is 0 Å². The predicted molar refractivity (Wildman–Crippen MR) is 62.2 cm³/mol. The van der Waals surface area contributed by atoms with Crippen LogP contribution in [0.2, 0.25) is 0 Å². The van der Waals surface area contributed by atoms with E-state index in [1.54, 1.807) is 6.07 Å². The number of nitrogens with one attached hydrogen (secondary N) is 1. The minimum absolute atomic E-state index is 0.0801. The van der Waals surface area contributed by atoms with Gasteiger partial charge in [0.2, 0.25) is 0 Å². The Labute approximate surface area is 93.5 Å². The van der Waals surface area contributed by atoms with Crippen molar-refractivity contribution in [3.63, 3.8) is 0 Å². The minimum atomic E-state index is -0.348. The molecule has 84 valence electrons. The second-order valence-corrected chi connectivity index (χ2v) is 5.03. The summed E-state index contributed by atoms with van der Waals surface area (Å²) in [6.45, 7) is 7.04. The SMILES string of the molecule is CCC(C)(C)NCc1csc([N+](=O)[O-])c1. The molecular formula is C10H16N2O2S. The molecule has 5 heteroatoms. The molecular weight excluding hydrogens is 212 g/mol. The molecule has 0 aromatic carbocycles. The molecule has 0 spiro atoms. The van der Waals surface area contributed by atoms with Gasteiger partial charge < -0.3 is 5.32 Å². The van der Waals surface area contributed by atoms with Crippen molar-refractivity contribution in [1.82, 2.24) is 5.32 Å². The van der Waals surface area contributed by atoms with Crippen LogP contribution in [0.25, 0.3) is 0 Å². The first kappa shape index (κ1) is 12.1. The molecule has 1 aromatic heterocycles. The van der Waals surface area contributed by atoms with Crippen LogP contribution in [0, 0.1) is 10.1 Å². The molecule has 0 amide bonds. The van der Waals surface area contributed by atoms with Gasteiger partial charge in [-0.3, -0.25) is 10.1 Å². The number of rotatable bonds is 5. The lowest BCUT2D eigenvalue weighted by molar-refractivity contribution is -0.380. The lowest BCUT2D eigenvalue weighted by Crippen LogP contribution is -2.37. The molecule has 1 heterocycles. The Balaban J connectivity index is 2.55. The highest BCUT2D eigenvalue weighted by Gasteiger charge is 2.15. The fraction of sp³-hybridized carbons (Fsp3) is 0.600. The van der Waals surface area contributed by atoms with Crippen LogP contribution in [0.3, 0.4) is 0 Å². The normalized spacial score (nSPS) is 11.7. The number of thiophene rings is 1. The number of hydrogen-bond donors (Lipinski definition) is 1. The van der Waals surface area contributed by atoms with Gasteiger partial charge in [-0.1, -0.05) is 18.3 Å². The topological polar surface area (TPSA) is 55.2 Å². The maximum absolute atomic E-state index is 10.5. The maximum Gasteiger partial charge on any atom is 0.324 e. The minimum Gasteiger partial charge on any atom is -0.308 e. The van der Waals surface area contributed by atoms with Crippen molar-refractivity contribution in [2.75, 3.05) is 0 Å². The van der Waals surface area contributed by atoms with E-state index < -0.39 is 0 Å². The highest BCUT2D eigenvalue weighted by atomic mass is 32.1. The Hall–Kier alpha value is -0.940. The van der Waals surface area contributed by atoms with Crippen molar-refractivity contribution >= 4 is 16.3 Å². The summed E-state index contributed by atoms with van der Waals surface area (Å²) in [5.41, 5.74) is 1.06. The first-order valence-electron chi connectivity index (χ1n) is 4.91. The van der Waals surface area contributed by atoms with Crippen LogP contribution in [0.15, 0.2) is 11.4 Å². The van der Waals surface area contributed by atoms with Gasteiger partial charge in [-0.05, 0) is 25.8 Å². The monoisotopic (exact) mass is 228 g/mol. The molecule has 0 aliphatic carbocycles. The molecule has 1 N–H and O–H groups in total. The van der Waals surface area contributed by atoms with E-state index in [-0.39, 0.29) is 15.5 Å². The molecule has 0 atom stereocenters. The lowest BCUT2D eigenvalue weighted by Gasteiger charge is -2.24. The fourth-order valence-electron chi connectivity index (χ4n) is 1.02. The van der Waals surface area contributed by atoms with Crippen LogP contribution >= 0.6 is 11.3 Å². The van der Waals surface area contributed by atoms with Gasteiger partial charge in [0.1, 0.15) is 0 Å². The van der Waals surface area contributed by atoms with Gasteiger partial charge in [0, 0.05) is 23.5 Å². The van der Waals surface area contributed by atoms with Crippen LogP contribution in [0.1, 0.15) is 32.8 Å². The zero-order valence-corrected chi connectivity index (χ0v) is 10.1. The molecule has 4 nitrogen and oxygen atoms in total. The van der Waals surface area contributed by atoms with Crippen molar-refractivity contribution in [2.24, 2.45) is 0 Å². The van der Waals surface area contributed by atoms with Crippen molar-refractivity contribution in [2.45, 2.75) is 39.3 Å². The molecule has 0 aliphatic heterocycles. The van der Waals surface area contributed by atoms with Crippen molar-refractivity contribution in [3.8, 4) is 0 Å². The van der Waals surface area contributed by atoms with E-state index >= 15 is 0 Å². The Morgan fingerprint density at radius 1 is 1.60 bits per heavy atom. The van der Waals surface area contributed by atoms with Gasteiger partial charge in [-0.15, -0.1) is 0 Å². The smallest absolute Gasteiger partial charge is 0.308 e. The van der Waals surface area contributed by atoms with Gasteiger partial charge in [-0.25, -0.2) is 0 Å². The average Bonchev–Trinajstić information content (AvgIpc) is 2.63. The highest BCUT2D eigenvalue weighted by molar-refractivity contribution is 7.13. The second kappa shape index (κ2) is 4.72. The van der Waals surface area contributed by atoms with Gasteiger partial charge in [-0.2, -0.15) is 0 Å². The summed E-state index contributed by atoms with van der Waals surface area (Å²) in [6.07, 6.45) is 1.03. The number of nitro groups is 1. The summed E-state index contributed by atoms with van der Waals surface area (Å²) in [5.74, 6) is 0. The maximum atomic E-state index is 10.5. The van der Waals surface area contributed by atoms with Crippen LogP contribution in [-0.4, -0.2) is 10.5 Å². The third-order valence-electron chi connectivity index (χ3n) is 2.47. The average molecular weight is 228 g/mol. The summed E-state index contributed by atoms with van der Waals surface area (Å²) < 4.78 is 0. The van der Waals surface area contributed by atoms with E-state index in [1.807, 2.05) is 5.38 Å². The van der Waals surface area contributed by atoms with Gasteiger partial charge >= 0.3 is 5.00 Å². The Bertz CT molecular complexity index is 347. The first-order valence-corrected chi connectivity index (χ1v) is 5.79. The Morgan fingerprint density at radius 2 is 2.27 bits per heavy atom. The van der Waals surface area contributed by atoms with Crippen LogP contribution in [-0.2, 0) is 6.54 Å². The van der Waals surface area contributed by atoms with Crippen LogP contribution < -0.4 is 5.32 Å². The van der Waals surface area contributed by atoms with Crippen molar-refractivity contribution < 1.29 is 4.92 Å². The molecule has 0 saturated heterocycles. The molecule has 1 aromatic rings. The Morgan fingerprint density at radius 3 is 2.73 bits per heavy atom. The third kappa shape index (κ3) is 3.60. The summed E-state index contributed by atoms with van der Waals surface area (Å²) in [5, 5.41) is 15.9. The van der Waals surface area contributed by atoms with E-state index in [0.29, 0.717) is 6.54 Å². The standard InChI is InChI=1S/C10H16N2O2S/c1-4-10(2,3)11-6-8-5-9(12(13)14)15-7-8/h5,7,11H,4,6H2,1-3H3. The second-order valence-electron chi connectivity index (χ2n) is 4.14. The van der Waals surface area contributed by atoms with Gasteiger partial charge in [0.05, 0.1) is 4.92 Å². The summed E-state index contributed by atoms with van der Waals surface area (Å²) >= 11 is 1.18. The van der Waals surface area contributed by atoms with Crippen LogP contribution in [0.4, 0.5) is 5.00 Å². The highest BCUT2D eigenvalue weighted by Crippen LogP contribution is 2.22. The predicted octanol–water partition coefficient (Wildman–Crippen LogP) is 2.93. The molecule has 0 aliphatic rings. The number of nitrogens with zero attached hydrogens (tertiary/aromatic N) is 1. The summed E-state index contributed by atoms with van der Waals surface area (Å²) in [4.78, 5) is 10.1. The quantitative estimate of drug-likeness (QED) is 0.622. The molecule has 0 fully saturated rings. The van der Waals surface area contributed by atoms with Gasteiger partial charge in [0.25, 0.3) is 0 Å². The number of hydrogen-bond acceptors (Lipinski definition) is 4. The zero-order valence-electron chi connectivity index (χ0n) is 9.24. The molecule has 1 rings (SSSR count). The van der Waals surface area contributed by atoms with Gasteiger partial charge in [0.15, 0.2) is 0 Å². The summed E-state index contributed by atoms with van der Waals surface area (Å²) in [7, 11) is 0. The van der Waals surface area contributed by atoms with E-state index in [2.05, 4.69) is 26.1 Å². The molecule has 0 bridgehead atoms.